The first-order valence-electron chi connectivity index (χ1n) is 10.5. The number of unbranched alkanes of at least 4 members (excludes halogenated alkanes) is 1. The second-order valence-electron chi connectivity index (χ2n) is 7.83. The Balaban J connectivity index is 1.89. The zero-order valence-electron chi connectivity index (χ0n) is 17.2. The number of amides is 1. The Labute approximate surface area is 173 Å². The van der Waals surface area contributed by atoms with Crippen molar-refractivity contribution >= 4 is 11.7 Å². The maximum absolute atomic E-state index is 12.9. The minimum absolute atomic E-state index is 0.351. The first-order chi connectivity index (χ1) is 14.0. The van der Waals surface area contributed by atoms with Gasteiger partial charge in [0.05, 0.1) is 18.2 Å². The number of hydrogen-bond acceptors (Lipinski definition) is 3. The van der Waals surface area contributed by atoms with Gasteiger partial charge < -0.3 is 9.84 Å². The molecule has 0 saturated carbocycles. The molecule has 1 saturated heterocycles. The summed E-state index contributed by atoms with van der Waals surface area (Å²) in [4.78, 5) is 14.6. The fraction of sp³-hybridized carbons (Fsp3) is 0.400. The molecule has 0 aliphatic carbocycles. The monoisotopic (exact) mass is 393 g/mol. The molecule has 1 fully saturated rings. The van der Waals surface area contributed by atoms with Gasteiger partial charge in [0.25, 0.3) is 0 Å². The van der Waals surface area contributed by atoms with Crippen LogP contribution in [0.5, 0.6) is 0 Å². The molecule has 2 aromatic carbocycles. The Morgan fingerprint density at radius 1 is 1.17 bits per heavy atom. The normalized spacial score (nSPS) is 21.6. The van der Waals surface area contributed by atoms with E-state index in [2.05, 4.69) is 13.5 Å². The fourth-order valence-electron chi connectivity index (χ4n) is 4.15. The zero-order valence-corrected chi connectivity index (χ0v) is 17.2. The van der Waals surface area contributed by atoms with Crippen molar-refractivity contribution in [1.29, 1.82) is 0 Å². The molecule has 4 heteroatoms. The summed E-state index contributed by atoms with van der Waals surface area (Å²) in [5.41, 5.74) is 1.70. The second kappa shape index (κ2) is 9.75. The van der Waals surface area contributed by atoms with Gasteiger partial charge in [0.15, 0.2) is 0 Å². The van der Waals surface area contributed by atoms with Crippen LogP contribution in [0.1, 0.15) is 56.2 Å². The average molecular weight is 394 g/mol. The van der Waals surface area contributed by atoms with Crippen LogP contribution in [0.15, 0.2) is 67.2 Å². The van der Waals surface area contributed by atoms with Gasteiger partial charge in [0.2, 0.25) is 0 Å². The van der Waals surface area contributed by atoms with E-state index in [4.69, 9.17) is 4.74 Å². The molecule has 0 aromatic heterocycles. The van der Waals surface area contributed by atoms with Gasteiger partial charge in [-0.3, -0.25) is 4.90 Å². The molecule has 1 aliphatic heterocycles. The Morgan fingerprint density at radius 2 is 1.83 bits per heavy atom. The molecule has 154 valence electrons. The highest BCUT2D eigenvalue weighted by Crippen LogP contribution is 2.44. The van der Waals surface area contributed by atoms with Crippen molar-refractivity contribution in [1.82, 2.24) is 4.90 Å². The van der Waals surface area contributed by atoms with Gasteiger partial charge in [-0.05, 0) is 36.0 Å². The van der Waals surface area contributed by atoms with Gasteiger partial charge in [-0.15, -0.1) is 0 Å². The Kier molecular flexibility index (Phi) is 7.10. The lowest BCUT2D eigenvalue weighted by Crippen LogP contribution is -2.53. The van der Waals surface area contributed by atoms with E-state index in [1.807, 2.05) is 60.7 Å². The summed E-state index contributed by atoms with van der Waals surface area (Å²) in [5.74, 6) is 0. The lowest BCUT2D eigenvalue weighted by molar-refractivity contribution is -0.0740. The third-order valence-corrected chi connectivity index (χ3v) is 5.60. The maximum Gasteiger partial charge on any atom is 0.410 e. The Morgan fingerprint density at radius 3 is 2.48 bits per heavy atom. The number of likely N-dealkylation sites (tertiary alicyclic amines) is 1. The second-order valence-corrected chi connectivity index (χ2v) is 7.83. The van der Waals surface area contributed by atoms with Gasteiger partial charge in [-0.1, -0.05) is 80.6 Å². The zero-order chi connectivity index (χ0) is 20.7. The SMILES string of the molecule is C=C(CC1(O)CCCN(C(=O)OCCCC)C1c1ccccc1)c1ccccc1. The number of ether oxygens (including phenoxy) is 1. The predicted octanol–water partition coefficient (Wildman–Crippen LogP) is 5.59. The number of rotatable bonds is 7. The fourth-order valence-corrected chi connectivity index (χ4v) is 4.15. The van der Waals surface area contributed by atoms with Gasteiger partial charge in [-0.25, -0.2) is 4.79 Å². The molecular weight excluding hydrogens is 362 g/mol. The summed E-state index contributed by atoms with van der Waals surface area (Å²) in [6.07, 6.45) is 3.19. The van der Waals surface area contributed by atoms with Crippen molar-refractivity contribution in [3.8, 4) is 0 Å². The van der Waals surface area contributed by atoms with E-state index in [9.17, 15) is 9.90 Å². The number of benzene rings is 2. The quantitative estimate of drug-likeness (QED) is 0.623. The van der Waals surface area contributed by atoms with E-state index >= 15 is 0 Å². The van der Waals surface area contributed by atoms with E-state index in [1.165, 1.54) is 0 Å². The first-order valence-corrected chi connectivity index (χ1v) is 10.5. The number of piperidine rings is 1. The summed E-state index contributed by atoms with van der Waals surface area (Å²) in [6.45, 7) is 7.27. The van der Waals surface area contributed by atoms with Crippen LogP contribution in [0.25, 0.3) is 5.57 Å². The van der Waals surface area contributed by atoms with Gasteiger partial charge in [0.1, 0.15) is 0 Å². The van der Waals surface area contributed by atoms with Crippen LogP contribution in [-0.2, 0) is 4.74 Å². The molecule has 1 aliphatic rings. The highest BCUT2D eigenvalue weighted by atomic mass is 16.6. The summed E-state index contributed by atoms with van der Waals surface area (Å²) in [6, 6.07) is 19.2. The Hall–Kier alpha value is -2.59. The molecule has 29 heavy (non-hydrogen) atoms. The van der Waals surface area contributed by atoms with E-state index in [0.29, 0.717) is 26.0 Å². The highest BCUT2D eigenvalue weighted by Gasteiger charge is 2.46. The lowest BCUT2D eigenvalue weighted by atomic mass is 9.76. The van der Waals surface area contributed by atoms with Crippen LogP contribution >= 0.6 is 0 Å². The summed E-state index contributed by atoms with van der Waals surface area (Å²) in [7, 11) is 0. The lowest BCUT2D eigenvalue weighted by Gasteiger charge is -2.47. The summed E-state index contributed by atoms with van der Waals surface area (Å²) >= 11 is 0. The van der Waals surface area contributed by atoms with Crippen LogP contribution < -0.4 is 0 Å². The smallest absolute Gasteiger partial charge is 0.410 e. The predicted molar refractivity (Wildman–Crippen MR) is 116 cm³/mol. The van der Waals surface area contributed by atoms with Gasteiger partial charge in [0, 0.05) is 13.0 Å². The summed E-state index contributed by atoms with van der Waals surface area (Å²) in [5, 5.41) is 11.8. The highest BCUT2D eigenvalue weighted by molar-refractivity contribution is 5.70. The molecule has 2 atom stereocenters. The Bertz CT molecular complexity index is 805. The number of carbonyl (C=O) groups excluding carboxylic acids is 1. The van der Waals surface area contributed by atoms with Crippen LogP contribution in [0.2, 0.25) is 0 Å². The minimum atomic E-state index is -1.10. The molecule has 1 amide bonds. The van der Waals surface area contributed by atoms with E-state index in [-0.39, 0.29) is 6.09 Å². The van der Waals surface area contributed by atoms with Crippen LogP contribution in [0, 0.1) is 0 Å². The number of carbonyl (C=O) groups is 1. The van der Waals surface area contributed by atoms with Crippen molar-refractivity contribution < 1.29 is 14.6 Å². The van der Waals surface area contributed by atoms with E-state index < -0.39 is 11.6 Å². The van der Waals surface area contributed by atoms with Crippen molar-refractivity contribution in [2.45, 2.75) is 50.7 Å². The molecule has 0 spiro atoms. The van der Waals surface area contributed by atoms with Crippen molar-refractivity contribution in [3.05, 3.63) is 78.4 Å². The molecule has 4 nitrogen and oxygen atoms in total. The van der Waals surface area contributed by atoms with Gasteiger partial charge >= 0.3 is 6.09 Å². The molecule has 1 N–H and O–H groups in total. The largest absolute Gasteiger partial charge is 0.449 e. The molecule has 2 aromatic rings. The van der Waals surface area contributed by atoms with Crippen molar-refractivity contribution in [2.24, 2.45) is 0 Å². The van der Waals surface area contributed by atoms with Crippen LogP contribution in [0.3, 0.4) is 0 Å². The van der Waals surface area contributed by atoms with E-state index in [0.717, 1.165) is 36.0 Å². The molecule has 2 unspecified atom stereocenters. The molecular formula is C25H31NO3. The van der Waals surface area contributed by atoms with E-state index in [1.54, 1.807) is 4.90 Å². The third-order valence-electron chi connectivity index (χ3n) is 5.60. The first kappa shape index (κ1) is 21.1. The number of aliphatic hydroxyl groups is 1. The van der Waals surface area contributed by atoms with Crippen LogP contribution in [0.4, 0.5) is 4.79 Å². The van der Waals surface area contributed by atoms with Crippen molar-refractivity contribution in [3.63, 3.8) is 0 Å². The average Bonchev–Trinajstić information content (AvgIpc) is 2.74. The van der Waals surface area contributed by atoms with Crippen LogP contribution in [-0.4, -0.2) is 34.9 Å². The molecule has 1 heterocycles. The maximum atomic E-state index is 12.9. The third kappa shape index (κ3) is 5.07. The summed E-state index contributed by atoms with van der Waals surface area (Å²) < 4.78 is 5.51. The van der Waals surface area contributed by atoms with Crippen molar-refractivity contribution in [2.75, 3.05) is 13.2 Å². The molecule has 0 bridgehead atoms. The van der Waals surface area contributed by atoms with Gasteiger partial charge in [-0.2, -0.15) is 0 Å². The topological polar surface area (TPSA) is 49.8 Å². The number of hydrogen-bond donors (Lipinski definition) is 1. The molecule has 0 radical (unpaired) electrons. The number of nitrogens with zero attached hydrogens (tertiary/aromatic N) is 1. The standard InChI is InChI=1S/C25H31NO3/c1-3-4-18-29-24(27)26-17-11-16-25(28,23(26)22-14-9-6-10-15-22)19-20(2)21-12-7-5-8-13-21/h5-10,12-15,23,28H,2-4,11,16-19H2,1H3. The molecule has 3 rings (SSSR count). The minimum Gasteiger partial charge on any atom is -0.449 e.